The first-order valence-corrected chi connectivity index (χ1v) is 19.1. The highest BCUT2D eigenvalue weighted by molar-refractivity contribution is 7.83. The lowest BCUT2D eigenvalue weighted by Crippen LogP contribution is -2.35. The minimum Gasteiger partial charge on any atom is -0.497 e. The minimum absolute atomic E-state index is 0.544. The molecule has 3 aromatic rings. The van der Waals surface area contributed by atoms with E-state index in [1.54, 1.807) is 16.4 Å². The number of fused-ring (bicyclic) bond motifs is 1. The van der Waals surface area contributed by atoms with Gasteiger partial charge in [0, 0.05) is 13.2 Å². The van der Waals surface area contributed by atoms with Crippen LogP contribution in [0.3, 0.4) is 0 Å². The van der Waals surface area contributed by atoms with Crippen LogP contribution in [0, 0.1) is 6.92 Å². The van der Waals surface area contributed by atoms with E-state index in [4.69, 9.17) is 4.74 Å². The van der Waals surface area contributed by atoms with Crippen LogP contribution >= 0.6 is 7.26 Å². The van der Waals surface area contributed by atoms with Gasteiger partial charge < -0.3 is 4.74 Å². The van der Waals surface area contributed by atoms with Crippen molar-refractivity contribution in [1.29, 1.82) is 0 Å². The van der Waals surface area contributed by atoms with Gasteiger partial charge in [0.05, 0.1) is 30.9 Å². The quantitative estimate of drug-likeness (QED) is 0.123. The number of rotatable bonds is 16. The molecule has 3 aromatic carbocycles. The molecule has 2 heteroatoms. The van der Waals surface area contributed by atoms with E-state index in [2.05, 4.69) is 100 Å². The fraction of sp³-hybridized carbons (Fsp3) is 0.538. The van der Waals surface area contributed by atoms with Crippen LogP contribution in [-0.2, 0) is 6.42 Å². The van der Waals surface area contributed by atoms with E-state index in [-0.39, 0.29) is 0 Å². The van der Waals surface area contributed by atoms with E-state index >= 15 is 0 Å². The van der Waals surface area contributed by atoms with Gasteiger partial charge in [-0.3, -0.25) is 0 Å². The molecule has 1 aliphatic carbocycles. The van der Waals surface area contributed by atoms with Gasteiger partial charge in [0.25, 0.3) is 0 Å². The zero-order chi connectivity index (χ0) is 29.1. The predicted molar refractivity (Wildman–Crippen MR) is 183 cm³/mol. The summed E-state index contributed by atoms with van der Waals surface area (Å²) in [7, 11) is 0.353. The molecule has 4 atom stereocenters. The van der Waals surface area contributed by atoms with Crippen molar-refractivity contribution in [3.63, 3.8) is 0 Å². The number of methoxy groups -OCH3 is 1. The Hall–Kier alpha value is -2.11. The number of unbranched alkanes of at least 4 members (excludes halogenated alkanes) is 7. The molecule has 0 saturated carbocycles. The number of hydrogen-bond acceptors (Lipinski definition) is 1. The zero-order valence-corrected chi connectivity index (χ0v) is 27.6. The summed E-state index contributed by atoms with van der Waals surface area (Å²) in [5.41, 5.74) is 6.72. The number of benzene rings is 3. The van der Waals surface area contributed by atoms with E-state index in [0.29, 0.717) is 17.5 Å². The second kappa shape index (κ2) is 15.9. The third-order valence-electron chi connectivity index (χ3n) is 9.95. The van der Waals surface area contributed by atoms with Crippen LogP contribution in [0.1, 0.15) is 119 Å². The molecule has 0 aromatic heterocycles. The van der Waals surface area contributed by atoms with Gasteiger partial charge in [0.2, 0.25) is 0 Å². The van der Waals surface area contributed by atoms with Crippen LogP contribution in [0.4, 0.5) is 0 Å². The second-order valence-corrected chi connectivity index (χ2v) is 17.0. The summed E-state index contributed by atoms with van der Waals surface area (Å²) in [6.45, 7) is 9.64. The Balaban J connectivity index is 1.79. The molecule has 4 rings (SSSR count). The summed E-state index contributed by atoms with van der Waals surface area (Å²) >= 11 is 0. The lowest BCUT2D eigenvalue weighted by molar-refractivity contribution is 0.407. The summed E-state index contributed by atoms with van der Waals surface area (Å²) < 4.78 is 5.72. The summed E-state index contributed by atoms with van der Waals surface area (Å²) in [5, 5.41) is 1.64. The molecule has 4 unspecified atom stereocenters. The Labute approximate surface area is 252 Å². The van der Waals surface area contributed by atoms with Crippen LogP contribution in [0.25, 0.3) is 0 Å². The molecule has 41 heavy (non-hydrogen) atoms. The summed E-state index contributed by atoms with van der Waals surface area (Å²) in [6.07, 6.45) is 17.3. The van der Waals surface area contributed by atoms with Crippen LogP contribution in [-0.4, -0.2) is 25.6 Å². The monoisotopic (exact) mass is 571 g/mol. The first-order chi connectivity index (χ1) is 20.0. The van der Waals surface area contributed by atoms with Crippen molar-refractivity contribution in [1.82, 2.24) is 0 Å². The highest BCUT2D eigenvalue weighted by atomic mass is 31.2. The first kappa shape index (κ1) is 31.8. The molecule has 0 saturated heterocycles. The van der Waals surface area contributed by atoms with Gasteiger partial charge in [-0.25, -0.2) is 0 Å². The molecular weight excluding hydrogens is 515 g/mol. The Bertz CT molecular complexity index is 1170. The Morgan fingerprint density at radius 2 is 1.49 bits per heavy atom. The van der Waals surface area contributed by atoms with E-state index in [1.807, 2.05) is 7.11 Å². The summed E-state index contributed by atoms with van der Waals surface area (Å²) in [6, 6.07) is 28.3. The molecule has 1 nitrogen and oxygen atoms in total. The highest BCUT2D eigenvalue weighted by Gasteiger charge is 2.50. The lowest BCUT2D eigenvalue weighted by atomic mass is 9.69. The van der Waals surface area contributed by atoms with Crippen molar-refractivity contribution >= 4 is 12.6 Å². The van der Waals surface area contributed by atoms with E-state index in [0.717, 1.165) is 12.2 Å². The van der Waals surface area contributed by atoms with Gasteiger partial charge in [-0.15, -0.1) is 0 Å². The standard InChI is InChI=1S/C39H56OP/c1-6-8-10-11-12-13-17-20-38(41(5,29-9-7-2)35-18-15-14-16-19-35)39-36(32-23-21-31(3)22-24-32)27-25-33-30-34(40-4)26-28-37(33)39/h14-16,18-19,21-24,26,28,30,36,38-39H,6-13,17,20,25,27,29H2,1-5H3/q+1. The molecule has 1 aliphatic rings. The number of hydrogen-bond donors (Lipinski definition) is 0. The third-order valence-corrected chi connectivity index (χ3v) is 14.7. The van der Waals surface area contributed by atoms with Crippen LogP contribution in [0.15, 0.2) is 72.8 Å². The smallest absolute Gasteiger partial charge is 0.119 e. The molecule has 0 heterocycles. The van der Waals surface area contributed by atoms with Crippen molar-refractivity contribution in [3.8, 4) is 5.75 Å². The maximum Gasteiger partial charge on any atom is 0.119 e. The Kier molecular flexibility index (Phi) is 12.4. The van der Waals surface area contributed by atoms with Crippen LogP contribution in [0.2, 0.25) is 0 Å². The minimum atomic E-state index is -1.46. The maximum absolute atomic E-state index is 5.72. The van der Waals surface area contributed by atoms with Crippen molar-refractivity contribution in [3.05, 3.63) is 95.1 Å². The van der Waals surface area contributed by atoms with Gasteiger partial charge in [-0.1, -0.05) is 113 Å². The Morgan fingerprint density at radius 3 is 2.17 bits per heavy atom. The van der Waals surface area contributed by atoms with E-state index in [1.165, 1.54) is 87.9 Å². The van der Waals surface area contributed by atoms with Crippen molar-refractivity contribution in [2.45, 2.75) is 115 Å². The van der Waals surface area contributed by atoms with Crippen molar-refractivity contribution in [2.24, 2.45) is 0 Å². The SMILES string of the molecule is CCCCCCCCCC(C1c2ccc(OC)cc2CCC1c1ccc(C)cc1)[P+](C)(CCCC)c1ccccc1. The molecule has 0 N–H and O–H groups in total. The largest absolute Gasteiger partial charge is 0.497 e. The first-order valence-electron chi connectivity index (χ1n) is 16.7. The lowest BCUT2D eigenvalue weighted by Gasteiger charge is -2.43. The topological polar surface area (TPSA) is 9.23 Å². The molecule has 222 valence electrons. The zero-order valence-electron chi connectivity index (χ0n) is 26.7. The number of ether oxygens (including phenoxy) is 1. The van der Waals surface area contributed by atoms with E-state index in [9.17, 15) is 0 Å². The molecule has 0 bridgehead atoms. The maximum atomic E-state index is 5.72. The van der Waals surface area contributed by atoms with Gasteiger partial charge in [-0.2, -0.15) is 0 Å². The Morgan fingerprint density at radius 1 is 0.805 bits per heavy atom. The van der Waals surface area contributed by atoms with Gasteiger partial charge in [0.1, 0.15) is 5.75 Å². The number of aryl methyl sites for hydroxylation is 2. The molecule has 0 spiro atoms. The molecule has 0 radical (unpaired) electrons. The van der Waals surface area contributed by atoms with Crippen LogP contribution < -0.4 is 10.0 Å². The average Bonchev–Trinajstić information content (AvgIpc) is 3.01. The molecule has 0 amide bonds. The van der Waals surface area contributed by atoms with Gasteiger partial charge in [-0.05, 0) is 85.9 Å². The average molecular weight is 572 g/mol. The normalized spacial score (nSPS) is 18.9. The third kappa shape index (κ3) is 8.04. The van der Waals surface area contributed by atoms with Crippen molar-refractivity contribution < 1.29 is 4.74 Å². The van der Waals surface area contributed by atoms with Gasteiger partial charge >= 0.3 is 0 Å². The fourth-order valence-electron chi connectivity index (χ4n) is 7.49. The predicted octanol–water partition coefficient (Wildman–Crippen LogP) is 11.1. The van der Waals surface area contributed by atoms with Gasteiger partial charge in [0.15, 0.2) is 0 Å². The molecule has 0 aliphatic heterocycles. The summed E-state index contributed by atoms with van der Waals surface area (Å²) in [4.78, 5) is 0. The second-order valence-electron chi connectivity index (χ2n) is 12.8. The highest BCUT2D eigenvalue weighted by Crippen LogP contribution is 2.67. The molecular formula is C39H56OP+. The molecule has 0 fully saturated rings. The van der Waals surface area contributed by atoms with E-state index < -0.39 is 7.26 Å². The summed E-state index contributed by atoms with van der Waals surface area (Å²) in [5.74, 6) is 2.12. The van der Waals surface area contributed by atoms with Crippen molar-refractivity contribution in [2.75, 3.05) is 19.9 Å². The van der Waals surface area contributed by atoms with Crippen LogP contribution in [0.5, 0.6) is 5.75 Å². The fourth-order valence-corrected chi connectivity index (χ4v) is 12.1.